The number of benzene rings is 3. The van der Waals surface area contributed by atoms with E-state index in [0.29, 0.717) is 23.9 Å². The topological polar surface area (TPSA) is 115 Å². The number of carbonyl (C=O) groups excluding carboxylic acids is 1. The number of nitrogens with one attached hydrogen (secondary N) is 1. The summed E-state index contributed by atoms with van der Waals surface area (Å²) in [4.78, 5) is 23.4. The number of nitrogens with zero attached hydrogens (tertiary/aromatic N) is 2. The number of hydrogen-bond donors (Lipinski definition) is 2. The van der Waals surface area contributed by atoms with Crippen LogP contribution < -0.4 is 14.9 Å². The molecule has 0 atom stereocenters. The zero-order valence-corrected chi connectivity index (χ0v) is 23.1. The SMILES string of the molecule is Cc1ccc(C)n1-c1ccc(OCc2ccc(C(=O)N/N=C/c3ccc(OCc4ccc(C(=O)O)cc4)cc3)o2)cc1. The van der Waals surface area contributed by atoms with Gasteiger partial charge in [0.05, 0.1) is 11.8 Å². The average molecular weight is 564 g/mol. The zero-order chi connectivity index (χ0) is 29.5. The molecule has 212 valence electrons. The molecule has 0 aliphatic rings. The summed E-state index contributed by atoms with van der Waals surface area (Å²) < 4.78 is 19.4. The predicted molar refractivity (Wildman–Crippen MR) is 158 cm³/mol. The Balaban J connectivity index is 1.07. The van der Waals surface area contributed by atoms with E-state index >= 15 is 0 Å². The van der Waals surface area contributed by atoms with Gasteiger partial charge in [-0.2, -0.15) is 5.10 Å². The number of aryl methyl sites for hydroxylation is 2. The molecule has 0 spiro atoms. The monoisotopic (exact) mass is 563 g/mol. The Morgan fingerprint density at radius 1 is 0.810 bits per heavy atom. The van der Waals surface area contributed by atoms with Crippen LogP contribution in [0, 0.1) is 13.8 Å². The van der Waals surface area contributed by atoms with Gasteiger partial charge in [0.2, 0.25) is 0 Å². The number of amides is 1. The minimum absolute atomic E-state index is 0.125. The standard InChI is InChI=1S/C33H29N3O6/c1-22-3-4-23(2)36(22)27-11-15-29(16-12-27)41-21-30-17-18-31(42-30)32(37)35-34-19-24-7-13-28(14-8-24)40-20-25-5-9-26(10-6-25)33(38)39/h3-19H,20-21H2,1-2H3,(H,35,37)(H,38,39)/b34-19+. The lowest BCUT2D eigenvalue weighted by molar-refractivity contribution is 0.0696. The molecule has 42 heavy (non-hydrogen) atoms. The Morgan fingerprint density at radius 3 is 2.07 bits per heavy atom. The normalized spacial score (nSPS) is 11.0. The lowest BCUT2D eigenvalue weighted by atomic mass is 10.1. The number of hydrogen-bond acceptors (Lipinski definition) is 6. The molecule has 2 heterocycles. The highest BCUT2D eigenvalue weighted by molar-refractivity contribution is 5.92. The number of rotatable bonds is 11. The number of carboxylic acid groups (broad SMARTS) is 1. The van der Waals surface area contributed by atoms with Gasteiger partial charge in [-0.25, -0.2) is 10.2 Å². The van der Waals surface area contributed by atoms with Crippen LogP contribution in [0.3, 0.4) is 0 Å². The highest BCUT2D eigenvalue weighted by Crippen LogP contribution is 2.21. The van der Waals surface area contributed by atoms with Crippen LogP contribution in [0.25, 0.3) is 5.69 Å². The van der Waals surface area contributed by atoms with Crippen molar-refractivity contribution >= 4 is 18.1 Å². The Kier molecular flexibility index (Phi) is 8.48. The highest BCUT2D eigenvalue weighted by atomic mass is 16.5. The fourth-order valence-corrected chi connectivity index (χ4v) is 4.28. The number of carboxylic acids is 1. The first-order valence-electron chi connectivity index (χ1n) is 13.2. The molecule has 3 aromatic carbocycles. The van der Waals surface area contributed by atoms with E-state index in [9.17, 15) is 9.59 Å². The van der Waals surface area contributed by atoms with Crippen LogP contribution in [0.15, 0.2) is 107 Å². The van der Waals surface area contributed by atoms with Gasteiger partial charge in [-0.05, 0) is 110 Å². The third-order valence-electron chi connectivity index (χ3n) is 6.50. The summed E-state index contributed by atoms with van der Waals surface area (Å²) in [6, 6.07) is 28.9. The lowest BCUT2D eigenvalue weighted by Gasteiger charge is -2.10. The van der Waals surface area contributed by atoms with Gasteiger partial charge in [-0.15, -0.1) is 0 Å². The molecule has 0 radical (unpaired) electrons. The van der Waals surface area contributed by atoms with Gasteiger partial charge in [0.15, 0.2) is 5.76 Å². The molecule has 0 aliphatic carbocycles. The molecule has 0 aliphatic heterocycles. The van der Waals surface area contributed by atoms with Crippen LogP contribution in [-0.4, -0.2) is 27.8 Å². The maximum Gasteiger partial charge on any atom is 0.335 e. The fourth-order valence-electron chi connectivity index (χ4n) is 4.28. The largest absolute Gasteiger partial charge is 0.489 e. The molecule has 5 rings (SSSR count). The third-order valence-corrected chi connectivity index (χ3v) is 6.50. The van der Waals surface area contributed by atoms with Crippen LogP contribution in [0.1, 0.15) is 49.2 Å². The number of ether oxygens (including phenoxy) is 2. The summed E-state index contributed by atoms with van der Waals surface area (Å²) in [6.07, 6.45) is 1.51. The van der Waals surface area contributed by atoms with E-state index in [2.05, 4.69) is 41.1 Å². The van der Waals surface area contributed by atoms with Gasteiger partial charge in [-0.3, -0.25) is 4.79 Å². The van der Waals surface area contributed by atoms with Gasteiger partial charge >= 0.3 is 11.9 Å². The first-order chi connectivity index (χ1) is 20.4. The van der Waals surface area contributed by atoms with E-state index in [0.717, 1.165) is 28.2 Å². The number of furan rings is 1. The second-order valence-corrected chi connectivity index (χ2v) is 9.56. The van der Waals surface area contributed by atoms with Gasteiger partial charge in [-0.1, -0.05) is 12.1 Å². The first kappa shape index (κ1) is 28.0. The van der Waals surface area contributed by atoms with Gasteiger partial charge in [0.25, 0.3) is 0 Å². The number of hydrazone groups is 1. The van der Waals surface area contributed by atoms with Crippen molar-refractivity contribution in [2.24, 2.45) is 5.10 Å². The van der Waals surface area contributed by atoms with Gasteiger partial charge in [0, 0.05) is 17.1 Å². The third kappa shape index (κ3) is 6.95. The van der Waals surface area contributed by atoms with E-state index in [4.69, 9.17) is 19.0 Å². The molecule has 5 aromatic rings. The summed E-state index contributed by atoms with van der Waals surface area (Å²) in [5, 5.41) is 13.0. The van der Waals surface area contributed by atoms with Crippen LogP contribution >= 0.6 is 0 Å². The minimum Gasteiger partial charge on any atom is -0.489 e. The molecule has 9 heteroatoms. The number of aromatic carboxylic acids is 1. The van der Waals surface area contributed by atoms with E-state index in [-0.39, 0.29) is 17.9 Å². The van der Waals surface area contributed by atoms with Crippen LogP contribution in [0.4, 0.5) is 0 Å². The molecule has 2 aromatic heterocycles. The molecule has 0 saturated heterocycles. The van der Waals surface area contributed by atoms with Crippen LogP contribution in [-0.2, 0) is 13.2 Å². The fraction of sp³-hybridized carbons (Fsp3) is 0.121. The first-order valence-corrected chi connectivity index (χ1v) is 13.2. The molecular formula is C33H29N3O6. The molecule has 0 fully saturated rings. The Morgan fingerprint density at radius 2 is 1.43 bits per heavy atom. The summed E-state index contributed by atoms with van der Waals surface area (Å²) in [7, 11) is 0. The summed E-state index contributed by atoms with van der Waals surface area (Å²) in [5.74, 6) is 0.530. The Bertz CT molecular complexity index is 1680. The van der Waals surface area contributed by atoms with Crippen molar-refractivity contribution in [2.75, 3.05) is 0 Å². The second kappa shape index (κ2) is 12.7. The van der Waals surface area contributed by atoms with E-state index in [1.165, 1.54) is 6.21 Å². The summed E-state index contributed by atoms with van der Waals surface area (Å²) in [6.45, 7) is 4.62. The Labute approximate surface area is 242 Å². The van der Waals surface area contributed by atoms with Crippen molar-refractivity contribution in [3.63, 3.8) is 0 Å². The van der Waals surface area contributed by atoms with E-state index in [1.54, 1.807) is 60.7 Å². The van der Waals surface area contributed by atoms with Crippen molar-refractivity contribution in [1.82, 2.24) is 9.99 Å². The predicted octanol–water partition coefficient (Wildman–Crippen LogP) is 6.31. The van der Waals surface area contributed by atoms with Crippen LogP contribution in [0.2, 0.25) is 0 Å². The molecular weight excluding hydrogens is 534 g/mol. The van der Waals surface area contributed by atoms with Crippen molar-refractivity contribution in [1.29, 1.82) is 0 Å². The zero-order valence-electron chi connectivity index (χ0n) is 23.1. The quantitative estimate of drug-likeness (QED) is 0.144. The number of aromatic nitrogens is 1. The number of carbonyl (C=O) groups is 2. The molecule has 0 bridgehead atoms. The van der Waals surface area contributed by atoms with Gasteiger partial charge in [0.1, 0.15) is 30.5 Å². The molecule has 2 N–H and O–H groups in total. The summed E-state index contributed by atoms with van der Waals surface area (Å²) in [5.41, 5.74) is 7.69. The van der Waals surface area contributed by atoms with Gasteiger partial charge < -0.3 is 23.6 Å². The smallest absolute Gasteiger partial charge is 0.335 e. The maximum atomic E-state index is 12.4. The van der Waals surface area contributed by atoms with E-state index < -0.39 is 11.9 Å². The van der Waals surface area contributed by atoms with Crippen molar-refractivity contribution in [3.05, 3.63) is 137 Å². The van der Waals surface area contributed by atoms with Crippen molar-refractivity contribution in [3.8, 4) is 17.2 Å². The molecule has 0 unspecified atom stereocenters. The Hall–Kier alpha value is -5.57. The van der Waals surface area contributed by atoms with Crippen molar-refractivity contribution in [2.45, 2.75) is 27.1 Å². The molecule has 9 nitrogen and oxygen atoms in total. The second-order valence-electron chi connectivity index (χ2n) is 9.56. The highest BCUT2D eigenvalue weighted by Gasteiger charge is 2.11. The lowest BCUT2D eigenvalue weighted by Crippen LogP contribution is -2.16. The minimum atomic E-state index is -0.966. The maximum absolute atomic E-state index is 12.4. The molecule has 0 saturated carbocycles. The average Bonchev–Trinajstić information content (AvgIpc) is 3.62. The van der Waals surface area contributed by atoms with E-state index in [1.807, 2.05) is 24.3 Å². The van der Waals surface area contributed by atoms with Crippen molar-refractivity contribution < 1.29 is 28.6 Å². The van der Waals surface area contributed by atoms with Crippen LogP contribution in [0.5, 0.6) is 11.5 Å². The molecule has 1 amide bonds. The summed E-state index contributed by atoms with van der Waals surface area (Å²) >= 11 is 0.